The van der Waals surface area contributed by atoms with Gasteiger partial charge in [-0.2, -0.15) is 0 Å². The van der Waals surface area contributed by atoms with Crippen LogP contribution in [0.5, 0.6) is 0 Å². The largest absolute Gasteiger partial charge is 0.481 e. The first kappa shape index (κ1) is 14.5. The first-order valence-corrected chi connectivity index (χ1v) is 6.08. The van der Waals surface area contributed by atoms with E-state index < -0.39 is 35.5 Å². The molecule has 0 heterocycles. The van der Waals surface area contributed by atoms with Crippen LogP contribution < -0.4 is 16.8 Å². The number of hydrogen-bond acceptors (Lipinski definition) is 4. The van der Waals surface area contributed by atoms with Crippen molar-refractivity contribution >= 4 is 29.4 Å². The number of carbonyl (C=O) groups is 4. The van der Waals surface area contributed by atoms with Crippen LogP contribution in [0.2, 0.25) is 0 Å². The van der Waals surface area contributed by atoms with E-state index in [9.17, 15) is 19.2 Å². The van der Waals surface area contributed by atoms with Gasteiger partial charge in [0.25, 0.3) is 0 Å². The summed E-state index contributed by atoms with van der Waals surface area (Å²) in [7, 11) is 0. The molecular formula is C13H13N3O5. The second-order valence-corrected chi connectivity index (χ2v) is 4.80. The predicted molar refractivity (Wildman–Crippen MR) is 71.3 cm³/mol. The minimum absolute atomic E-state index is 0.0205. The average Bonchev–Trinajstić information content (AvgIpc) is 3.18. The average molecular weight is 291 g/mol. The predicted octanol–water partition coefficient (Wildman–Crippen LogP) is -0.456. The van der Waals surface area contributed by atoms with Gasteiger partial charge in [0.05, 0.1) is 11.8 Å². The van der Waals surface area contributed by atoms with Gasteiger partial charge in [0.15, 0.2) is 0 Å². The smallest absolute Gasteiger partial charge is 0.307 e. The van der Waals surface area contributed by atoms with E-state index in [-0.39, 0.29) is 23.2 Å². The van der Waals surface area contributed by atoms with Crippen molar-refractivity contribution in [1.82, 2.24) is 0 Å². The highest BCUT2D eigenvalue weighted by molar-refractivity contribution is 6.03. The zero-order valence-electron chi connectivity index (χ0n) is 10.8. The van der Waals surface area contributed by atoms with E-state index in [1.54, 1.807) is 0 Å². The van der Waals surface area contributed by atoms with Gasteiger partial charge in [0.1, 0.15) is 0 Å². The highest BCUT2D eigenvalue weighted by Gasteiger charge is 2.48. The third kappa shape index (κ3) is 3.16. The Morgan fingerprint density at radius 2 is 1.52 bits per heavy atom. The van der Waals surface area contributed by atoms with Crippen molar-refractivity contribution < 1.29 is 24.3 Å². The van der Waals surface area contributed by atoms with Crippen molar-refractivity contribution in [1.29, 1.82) is 0 Å². The monoisotopic (exact) mass is 291 g/mol. The number of rotatable bonds is 5. The number of primary amides is 2. The van der Waals surface area contributed by atoms with Crippen LogP contribution in [0.15, 0.2) is 18.2 Å². The van der Waals surface area contributed by atoms with Crippen molar-refractivity contribution in [3.8, 4) is 0 Å². The number of aliphatic carboxylic acids is 1. The van der Waals surface area contributed by atoms with Crippen LogP contribution in [0.4, 0.5) is 5.69 Å². The molecule has 8 nitrogen and oxygen atoms in total. The van der Waals surface area contributed by atoms with E-state index in [0.717, 1.165) is 0 Å². The van der Waals surface area contributed by atoms with Crippen molar-refractivity contribution in [2.24, 2.45) is 23.3 Å². The molecule has 21 heavy (non-hydrogen) atoms. The molecule has 0 bridgehead atoms. The molecule has 8 heteroatoms. The Morgan fingerprint density at radius 1 is 1.00 bits per heavy atom. The standard InChI is InChI=1S/C13H13N3O5/c14-10(17)5-1-6(11(15)18)3-7(2-5)16-12(19)8-4-9(8)13(20)21/h1-3,8-9H,4H2,(H2,14,17)(H2,15,18)(H,16,19)(H,20,21). The third-order valence-electron chi connectivity index (χ3n) is 3.21. The van der Waals surface area contributed by atoms with Crippen LogP contribution in [-0.4, -0.2) is 28.8 Å². The van der Waals surface area contributed by atoms with Crippen molar-refractivity contribution in [3.05, 3.63) is 29.3 Å². The normalized spacial score (nSPS) is 19.6. The van der Waals surface area contributed by atoms with Gasteiger partial charge in [0.2, 0.25) is 17.7 Å². The lowest BCUT2D eigenvalue weighted by molar-refractivity contribution is -0.139. The summed E-state index contributed by atoms with van der Waals surface area (Å²) in [6.07, 6.45) is 0.263. The number of amides is 3. The van der Waals surface area contributed by atoms with Crippen molar-refractivity contribution in [2.75, 3.05) is 5.32 Å². The Morgan fingerprint density at radius 3 is 1.90 bits per heavy atom. The number of carboxylic acid groups (broad SMARTS) is 1. The van der Waals surface area contributed by atoms with Crippen LogP contribution >= 0.6 is 0 Å². The number of nitrogens with two attached hydrogens (primary N) is 2. The maximum absolute atomic E-state index is 11.8. The Kier molecular flexibility index (Phi) is 3.62. The number of nitrogens with one attached hydrogen (secondary N) is 1. The summed E-state index contributed by atoms with van der Waals surface area (Å²) in [5.74, 6) is -4.37. The molecule has 0 saturated heterocycles. The summed E-state index contributed by atoms with van der Waals surface area (Å²) in [5, 5.41) is 11.2. The number of anilines is 1. The van der Waals surface area contributed by atoms with Crippen LogP contribution in [-0.2, 0) is 9.59 Å². The molecule has 1 fully saturated rings. The molecule has 1 saturated carbocycles. The molecule has 2 rings (SSSR count). The van der Waals surface area contributed by atoms with E-state index in [2.05, 4.69) is 5.32 Å². The minimum Gasteiger partial charge on any atom is -0.481 e. The number of benzene rings is 1. The molecule has 0 aromatic heterocycles. The fourth-order valence-electron chi connectivity index (χ4n) is 1.98. The minimum atomic E-state index is -1.03. The van der Waals surface area contributed by atoms with Crippen LogP contribution in [0, 0.1) is 11.8 Å². The SMILES string of the molecule is NC(=O)c1cc(NC(=O)C2CC2C(=O)O)cc(C(N)=O)c1. The van der Waals surface area contributed by atoms with Gasteiger partial charge < -0.3 is 21.9 Å². The summed E-state index contributed by atoms with van der Waals surface area (Å²) in [5.41, 5.74) is 10.5. The molecule has 110 valence electrons. The lowest BCUT2D eigenvalue weighted by Gasteiger charge is -2.08. The number of carboxylic acids is 1. The molecule has 0 aliphatic heterocycles. The van der Waals surface area contributed by atoms with Crippen LogP contribution in [0.1, 0.15) is 27.1 Å². The highest BCUT2D eigenvalue weighted by Crippen LogP contribution is 2.39. The maximum atomic E-state index is 11.8. The number of carbonyl (C=O) groups excluding carboxylic acids is 3. The molecule has 1 aromatic carbocycles. The van der Waals surface area contributed by atoms with Gasteiger partial charge in [-0.05, 0) is 24.6 Å². The maximum Gasteiger partial charge on any atom is 0.307 e. The van der Waals surface area contributed by atoms with E-state index in [1.165, 1.54) is 18.2 Å². The summed E-state index contributed by atoms with van der Waals surface area (Å²) in [4.78, 5) is 44.9. The van der Waals surface area contributed by atoms with Crippen molar-refractivity contribution in [3.63, 3.8) is 0 Å². The molecule has 0 spiro atoms. The van der Waals surface area contributed by atoms with Gasteiger partial charge in [-0.1, -0.05) is 0 Å². The second-order valence-electron chi connectivity index (χ2n) is 4.80. The third-order valence-corrected chi connectivity index (χ3v) is 3.21. The quantitative estimate of drug-likeness (QED) is 0.578. The fraction of sp³-hybridized carbons (Fsp3) is 0.231. The molecule has 3 amide bonds. The topological polar surface area (TPSA) is 153 Å². The van der Waals surface area contributed by atoms with E-state index >= 15 is 0 Å². The Bertz CT molecular complexity index is 623. The molecule has 1 aromatic rings. The van der Waals surface area contributed by atoms with Crippen molar-refractivity contribution in [2.45, 2.75) is 6.42 Å². The molecule has 1 aliphatic carbocycles. The fourth-order valence-corrected chi connectivity index (χ4v) is 1.98. The number of hydrogen-bond donors (Lipinski definition) is 4. The van der Waals surface area contributed by atoms with Gasteiger partial charge in [-0.25, -0.2) is 0 Å². The molecule has 2 atom stereocenters. The van der Waals surface area contributed by atoms with Gasteiger partial charge in [0, 0.05) is 16.8 Å². The Hall–Kier alpha value is -2.90. The zero-order valence-corrected chi connectivity index (χ0v) is 10.8. The molecule has 6 N–H and O–H groups in total. The first-order chi connectivity index (χ1) is 9.79. The van der Waals surface area contributed by atoms with E-state index in [4.69, 9.17) is 16.6 Å². The lowest BCUT2D eigenvalue weighted by Crippen LogP contribution is -2.19. The first-order valence-electron chi connectivity index (χ1n) is 6.08. The van der Waals surface area contributed by atoms with Gasteiger partial charge in [-0.3, -0.25) is 19.2 Å². The summed E-state index contributed by atoms with van der Waals surface area (Å²) in [6.45, 7) is 0. The zero-order chi connectivity index (χ0) is 15.7. The van der Waals surface area contributed by atoms with Gasteiger partial charge in [-0.15, -0.1) is 0 Å². The molecule has 2 unspecified atom stereocenters. The molecule has 0 radical (unpaired) electrons. The van der Waals surface area contributed by atoms with Gasteiger partial charge >= 0.3 is 5.97 Å². The Labute approximate surface area is 119 Å². The van der Waals surface area contributed by atoms with E-state index in [1.807, 2.05) is 0 Å². The second kappa shape index (κ2) is 5.23. The molecular weight excluding hydrogens is 278 g/mol. The van der Waals surface area contributed by atoms with Crippen LogP contribution in [0.3, 0.4) is 0 Å². The van der Waals surface area contributed by atoms with Crippen LogP contribution in [0.25, 0.3) is 0 Å². The summed E-state index contributed by atoms with van der Waals surface area (Å²) >= 11 is 0. The summed E-state index contributed by atoms with van der Waals surface area (Å²) in [6, 6.07) is 3.81. The lowest BCUT2D eigenvalue weighted by atomic mass is 10.1. The molecule has 1 aliphatic rings. The van der Waals surface area contributed by atoms with E-state index in [0.29, 0.717) is 0 Å². The Balaban J connectivity index is 2.20. The highest BCUT2D eigenvalue weighted by atomic mass is 16.4. The summed E-state index contributed by atoms with van der Waals surface area (Å²) < 4.78 is 0.